The first-order valence-electron chi connectivity index (χ1n) is 4.10. The zero-order valence-corrected chi connectivity index (χ0v) is 9.41. The second kappa shape index (κ2) is 4.20. The maximum atomic E-state index is 5.98. The minimum atomic E-state index is -0.0181. The predicted molar refractivity (Wildman–Crippen MR) is 59.9 cm³/mol. The van der Waals surface area contributed by atoms with Crippen LogP contribution in [0.5, 0.6) is 0 Å². The lowest BCUT2D eigenvalue weighted by Gasteiger charge is -2.11. The van der Waals surface area contributed by atoms with Crippen molar-refractivity contribution in [1.82, 2.24) is 0 Å². The van der Waals surface area contributed by atoms with E-state index >= 15 is 0 Å². The van der Waals surface area contributed by atoms with Crippen molar-refractivity contribution >= 4 is 22.5 Å². The molecule has 0 fully saturated rings. The molecule has 0 heterocycles. The molecule has 1 rings (SSSR count). The van der Waals surface area contributed by atoms with E-state index in [1.807, 2.05) is 6.07 Å². The molecular formula is C10H15ClS. The quantitative estimate of drug-likeness (QED) is 0.698. The van der Waals surface area contributed by atoms with Crippen LogP contribution in [0.3, 0.4) is 0 Å². The van der Waals surface area contributed by atoms with Gasteiger partial charge in [0.2, 0.25) is 0 Å². The van der Waals surface area contributed by atoms with Crippen molar-refractivity contribution in [2.45, 2.75) is 18.2 Å². The number of hydrogen-bond acceptors (Lipinski definition) is 0. The van der Waals surface area contributed by atoms with Crippen LogP contribution in [0.2, 0.25) is 5.02 Å². The van der Waals surface area contributed by atoms with Gasteiger partial charge in [-0.3, -0.25) is 0 Å². The Morgan fingerprint density at radius 1 is 1.25 bits per heavy atom. The number of rotatable bonds is 2. The third-order valence-electron chi connectivity index (χ3n) is 1.87. The predicted octanol–water partition coefficient (Wildman–Crippen LogP) is 3.52. The Labute approximate surface area is 82.3 Å². The van der Waals surface area contributed by atoms with E-state index in [4.69, 9.17) is 11.6 Å². The van der Waals surface area contributed by atoms with E-state index in [0.717, 1.165) is 11.4 Å². The first kappa shape index (κ1) is 9.94. The van der Waals surface area contributed by atoms with E-state index in [9.17, 15) is 0 Å². The summed E-state index contributed by atoms with van der Waals surface area (Å²) in [6.07, 6.45) is 5.57. The van der Waals surface area contributed by atoms with Crippen LogP contribution >= 0.6 is 22.5 Å². The SMILES string of the molecule is CCc1cc(Cl)cc([SH](C)C)c1. The molecule has 0 aliphatic carbocycles. The highest BCUT2D eigenvalue weighted by atomic mass is 35.5. The molecule has 0 atom stereocenters. The number of hydrogen-bond donors (Lipinski definition) is 1. The van der Waals surface area contributed by atoms with Gasteiger partial charge in [-0.25, -0.2) is 10.9 Å². The molecule has 0 saturated carbocycles. The van der Waals surface area contributed by atoms with Gasteiger partial charge in [-0.1, -0.05) is 18.5 Å². The molecule has 0 aliphatic heterocycles. The fraction of sp³-hybridized carbons (Fsp3) is 0.400. The molecule has 0 bridgehead atoms. The highest BCUT2D eigenvalue weighted by Gasteiger charge is 1.99. The number of halogens is 1. The van der Waals surface area contributed by atoms with Crippen molar-refractivity contribution in [3.8, 4) is 0 Å². The molecule has 0 spiro atoms. The Bertz CT molecular complexity index is 269. The van der Waals surface area contributed by atoms with E-state index < -0.39 is 0 Å². The van der Waals surface area contributed by atoms with Crippen LogP contribution in [0, 0.1) is 0 Å². The Balaban J connectivity index is 3.06. The Morgan fingerprint density at radius 3 is 2.42 bits per heavy atom. The summed E-state index contributed by atoms with van der Waals surface area (Å²) in [6, 6.07) is 6.38. The van der Waals surface area contributed by atoms with Crippen LogP contribution in [-0.4, -0.2) is 12.5 Å². The van der Waals surface area contributed by atoms with Crippen molar-refractivity contribution in [2.75, 3.05) is 12.5 Å². The van der Waals surface area contributed by atoms with Gasteiger partial charge in [0.1, 0.15) is 0 Å². The van der Waals surface area contributed by atoms with Crippen molar-refractivity contribution in [3.63, 3.8) is 0 Å². The fourth-order valence-electron chi connectivity index (χ4n) is 1.10. The Hall–Kier alpha value is -0.140. The third kappa shape index (κ3) is 2.43. The molecule has 0 aliphatic rings. The molecular weight excluding hydrogens is 188 g/mol. The van der Waals surface area contributed by atoms with Crippen LogP contribution in [-0.2, 0) is 6.42 Å². The Kier molecular flexibility index (Phi) is 3.48. The molecule has 0 nitrogen and oxygen atoms in total. The first-order chi connectivity index (χ1) is 5.63. The first-order valence-corrected chi connectivity index (χ1v) is 6.71. The van der Waals surface area contributed by atoms with Crippen molar-refractivity contribution in [2.24, 2.45) is 0 Å². The van der Waals surface area contributed by atoms with E-state index in [1.54, 1.807) is 0 Å². The topological polar surface area (TPSA) is 0 Å². The lowest BCUT2D eigenvalue weighted by atomic mass is 10.2. The van der Waals surface area contributed by atoms with E-state index in [0.29, 0.717) is 0 Å². The zero-order valence-electron chi connectivity index (χ0n) is 7.76. The fourth-order valence-corrected chi connectivity index (χ4v) is 2.25. The van der Waals surface area contributed by atoms with Crippen molar-refractivity contribution in [1.29, 1.82) is 0 Å². The third-order valence-corrected chi connectivity index (χ3v) is 3.38. The van der Waals surface area contributed by atoms with E-state index in [1.165, 1.54) is 10.5 Å². The molecule has 1 aromatic carbocycles. The van der Waals surface area contributed by atoms with Crippen LogP contribution in [0.25, 0.3) is 0 Å². The van der Waals surface area contributed by atoms with Gasteiger partial charge < -0.3 is 0 Å². The van der Waals surface area contributed by atoms with Gasteiger partial charge >= 0.3 is 0 Å². The summed E-state index contributed by atoms with van der Waals surface area (Å²) in [6.45, 7) is 2.16. The largest absolute Gasteiger partial charge is 0.233 e. The average Bonchev–Trinajstić information content (AvgIpc) is 2.03. The zero-order chi connectivity index (χ0) is 9.14. The summed E-state index contributed by atoms with van der Waals surface area (Å²) < 4.78 is 0. The summed E-state index contributed by atoms with van der Waals surface area (Å²) in [5.74, 6) is 0. The second-order valence-corrected chi connectivity index (χ2v) is 5.81. The molecule has 0 saturated heterocycles. The van der Waals surface area contributed by atoms with Gasteiger partial charge in [0.15, 0.2) is 0 Å². The summed E-state index contributed by atoms with van der Waals surface area (Å²) in [5.41, 5.74) is 1.34. The molecule has 2 heteroatoms. The van der Waals surface area contributed by atoms with Crippen LogP contribution in [0.1, 0.15) is 12.5 Å². The summed E-state index contributed by atoms with van der Waals surface area (Å²) in [5, 5.41) is 0.876. The maximum Gasteiger partial charge on any atom is 0.0419 e. The minimum absolute atomic E-state index is 0.0181. The molecule has 1 aromatic rings. The van der Waals surface area contributed by atoms with Gasteiger partial charge in [-0.05, 0) is 47.6 Å². The van der Waals surface area contributed by atoms with Gasteiger partial charge in [-0.2, -0.15) is 0 Å². The van der Waals surface area contributed by atoms with Crippen molar-refractivity contribution in [3.05, 3.63) is 28.8 Å². The molecule has 0 N–H and O–H groups in total. The lowest BCUT2D eigenvalue weighted by molar-refractivity contribution is 1.12. The van der Waals surface area contributed by atoms with Gasteiger partial charge in [-0.15, -0.1) is 0 Å². The molecule has 12 heavy (non-hydrogen) atoms. The van der Waals surface area contributed by atoms with Crippen LogP contribution in [0.4, 0.5) is 0 Å². The number of aryl methyl sites for hydroxylation is 1. The molecule has 0 unspecified atom stereocenters. The lowest BCUT2D eigenvalue weighted by Crippen LogP contribution is -1.84. The van der Waals surface area contributed by atoms with Crippen molar-refractivity contribution < 1.29 is 0 Å². The van der Waals surface area contributed by atoms with E-state index in [-0.39, 0.29) is 10.9 Å². The smallest absolute Gasteiger partial charge is 0.0419 e. The van der Waals surface area contributed by atoms with Gasteiger partial charge in [0, 0.05) is 5.02 Å². The van der Waals surface area contributed by atoms with E-state index in [2.05, 4.69) is 31.6 Å². The summed E-state index contributed by atoms with van der Waals surface area (Å²) in [4.78, 5) is 1.40. The maximum absolute atomic E-state index is 5.98. The summed E-state index contributed by atoms with van der Waals surface area (Å²) in [7, 11) is -0.0181. The average molecular weight is 203 g/mol. The highest BCUT2D eigenvalue weighted by molar-refractivity contribution is 8.15. The normalized spacial score (nSPS) is 11.5. The highest BCUT2D eigenvalue weighted by Crippen LogP contribution is 2.31. The van der Waals surface area contributed by atoms with Gasteiger partial charge in [0.05, 0.1) is 0 Å². The standard InChI is InChI=1S/C10H15ClS/c1-4-8-5-9(11)7-10(6-8)12(2)3/h5-7,12H,4H2,1-3H3. The number of benzene rings is 1. The number of thiol groups is 1. The molecule has 0 radical (unpaired) electrons. The minimum Gasteiger partial charge on any atom is -0.233 e. The second-order valence-electron chi connectivity index (χ2n) is 3.07. The monoisotopic (exact) mass is 202 g/mol. The van der Waals surface area contributed by atoms with Crippen LogP contribution in [0.15, 0.2) is 23.1 Å². The molecule has 0 aromatic heterocycles. The molecule has 0 amide bonds. The summed E-state index contributed by atoms with van der Waals surface area (Å²) >= 11 is 5.98. The Morgan fingerprint density at radius 2 is 1.92 bits per heavy atom. The van der Waals surface area contributed by atoms with Gasteiger partial charge in [0.25, 0.3) is 0 Å². The molecule has 68 valence electrons. The van der Waals surface area contributed by atoms with Crippen LogP contribution < -0.4 is 0 Å².